The molecule has 1 aliphatic carbocycles. The zero-order chi connectivity index (χ0) is 22.4. The van der Waals surface area contributed by atoms with Crippen molar-refractivity contribution >= 4 is 17.7 Å². The van der Waals surface area contributed by atoms with Crippen LogP contribution in [0.2, 0.25) is 0 Å². The van der Waals surface area contributed by atoms with Crippen LogP contribution in [0, 0.1) is 18.8 Å². The van der Waals surface area contributed by atoms with Crippen LogP contribution in [-0.2, 0) is 30.5 Å². The van der Waals surface area contributed by atoms with E-state index >= 15 is 0 Å². The van der Waals surface area contributed by atoms with Gasteiger partial charge in [-0.25, -0.2) is 0 Å². The number of aliphatic carboxylic acids is 1. The average Bonchev–Trinajstić information content (AvgIpc) is 2.75. The Labute approximate surface area is 181 Å². The highest BCUT2D eigenvalue weighted by molar-refractivity contribution is 6.04. The van der Waals surface area contributed by atoms with E-state index in [0.717, 1.165) is 16.7 Å². The second kappa shape index (κ2) is 10.1. The monoisotopic (exact) mass is 422 g/mol. The smallest absolute Gasteiger partial charge is 0.321 e. The summed E-state index contributed by atoms with van der Waals surface area (Å²) in [5.74, 6) is -5.39. The van der Waals surface area contributed by atoms with Gasteiger partial charge in [-0.1, -0.05) is 60.2 Å². The van der Waals surface area contributed by atoms with Gasteiger partial charge in [-0.2, -0.15) is 0 Å². The Kier molecular flexibility index (Phi) is 7.23. The fourth-order valence-corrected chi connectivity index (χ4v) is 3.88. The van der Waals surface area contributed by atoms with Crippen LogP contribution in [0.1, 0.15) is 36.0 Å². The molecule has 162 valence electrons. The molecule has 0 amide bonds. The van der Waals surface area contributed by atoms with Crippen LogP contribution in [0.25, 0.3) is 0 Å². The minimum absolute atomic E-state index is 0.0417. The highest BCUT2D eigenvalue weighted by Gasteiger charge is 2.47. The molecule has 6 heteroatoms. The number of ketones is 1. The molecule has 3 unspecified atom stereocenters. The van der Waals surface area contributed by atoms with E-state index in [-0.39, 0.29) is 6.61 Å². The van der Waals surface area contributed by atoms with Gasteiger partial charge in [0.25, 0.3) is 0 Å². The number of ether oxygens (including phenoxy) is 2. The lowest BCUT2D eigenvalue weighted by atomic mass is 9.70. The van der Waals surface area contributed by atoms with Crippen LogP contribution in [0.3, 0.4) is 0 Å². The predicted octanol–water partition coefficient (Wildman–Crippen LogP) is 4.03. The second-order valence-electron chi connectivity index (χ2n) is 7.60. The molecule has 0 fully saturated rings. The van der Waals surface area contributed by atoms with Gasteiger partial charge in [0.15, 0.2) is 11.7 Å². The molecule has 0 spiro atoms. The van der Waals surface area contributed by atoms with Gasteiger partial charge in [0.2, 0.25) is 0 Å². The number of carbonyl (C=O) groups is 3. The highest BCUT2D eigenvalue weighted by atomic mass is 16.5. The largest absolute Gasteiger partial charge is 0.493 e. The molecular formula is C25H26O6. The Hall–Kier alpha value is -3.41. The van der Waals surface area contributed by atoms with E-state index in [1.165, 1.54) is 6.08 Å². The third kappa shape index (κ3) is 5.40. The van der Waals surface area contributed by atoms with Gasteiger partial charge in [-0.05, 0) is 25.0 Å². The van der Waals surface area contributed by atoms with E-state index in [1.54, 1.807) is 6.92 Å². The first-order valence-corrected chi connectivity index (χ1v) is 10.3. The number of hydrogen-bond acceptors (Lipinski definition) is 5. The molecule has 0 aromatic heterocycles. The van der Waals surface area contributed by atoms with Gasteiger partial charge < -0.3 is 14.6 Å². The maximum Gasteiger partial charge on any atom is 0.321 e. The lowest BCUT2D eigenvalue weighted by Gasteiger charge is -2.33. The summed E-state index contributed by atoms with van der Waals surface area (Å²) in [6.45, 7) is 3.89. The van der Waals surface area contributed by atoms with Crippen LogP contribution >= 0.6 is 0 Å². The van der Waals surface area contributed by atoms with Crippen molar-refractivity contribution in [3.05, 3.63) is 83.1 Å². The summed E-state index contributed by atoms with van der Waals surface area (Å²) in [4.78, 5) is 37.5. The number of hydrogen-bond donors (Lipinski definition) is 1. The summed E-state index contributed by atoms with van der Waals surface area (Å²) < 4.78 is 10.9. The molecule has 0 aliphatic heterocycles. The molecule has 0 saturated carbocycles. The van der Waals surface area contributed by atoms with Crippen molar-refractivity contribution in [2.24, 2.45) is 11.8 Å². The first kappa shape index (κ1) is 22.3. The number of benzene rings is 2. The van der Waals surface area contributed by atoms with E-state index in [4.69, 9.17) is 9.47 Å². The van der Waals surface area contributed by atoms with Gasteiger partial charge in [-0.3, -0.25) is 14.4 Å². The van der Waals surface area contributed by atoms with E-state index in [2.05, 4.69) is 0 Å². The van der Waals surface area contributed by atoms with Crippen molar-refractivity contribution in [1.82, 2.24) is 0 Å². The zero-order valence-electron chi connectivity index (χ0n) is 17.6. The van der Waals surface area contributed by atoms with Gasteiger partial charge >= 0.3 is 11.9 Å². The fraction of sp³-hybridized carbons (Fsp3) is 0.320. The first-order chi connectivity index (χ1) is 14.9. The Morgan fingerprint density at radius 1 is 1.10 bits per heavy atom. The minimum Gasteiger partial charge on any atom is -0.493 e. The number of rotatable bonds is 8. The van der Waals surface area contributed by atoms with Gasteiger partial charge in [0, 0.05) is 18.4 Å². The highest BCUT2D eigenvalue weighted by Crippen LogP contribution is 2.41. The number of carboxylic acids is 1. The van der Waals surface area contributed by atoms with Crippen molar-refractivity contribution in [3.8, 4) is 0 Å². The lowest BCUT2D eigenvalue weighted by Crippen LogP contribution is -2.41. The molecule has 0 radical (unpaired) electrons. The Morgan fingerprint density at radius 3 is 2.39 bits per heavy atom. The summed E-state index contributed by atoms with van der Waals surface area (Å²) in [6, 6.07) is 17.1. The Balaban J connectivity index is 1.94. The summed E-state index contributed by atoms with van der Waals surface area (Å²) in [7, 11) is 0. The van der Waals surface area contributed by atoms with Crippen LogP contribution in [0.5, 0.6) is 0 Å². The van der Waals surface area contributed by atoms with E-state index < -0.39 is 35.5 Å². The fourth-order valence-electron chi connectivity index (χ4n) is 3.88. The van der Waals surface area contributed by atoms with Gasteiger partial charge in [-0.15, -0.1) is 0 Å². The first-order valence-electron chi connectivity index (χ1n) is 10.3. The van der Waals surface area contributed by atoms with Crippen molar-refractivity contribution < 1.29 is 29.0 Å². The van der Waals surface area contributed by atoms with Crippen molar-refractivity contribution in [1.29, 1.82) is 0 Å². The van der Waals surface area contributed by atoms with Crippen LogP contribution in [0.4, 0.5) is 0 Å². The molecule has 1 N–H and O–H groups in total. The zero-order valence-corrected chi connectivity index (χ0v) is 17.6. The lowest BCUT2D eigenvalue weighted by molar-refractivity contribution is -0.163. The van der Waals surface area contributed by atoms with E-state index in [1.807, 2.05) is 61.5 Å². The molecule has 31 heavy (non-hydrogen) atoms. The standard InChI is InChI=1S/C25H26O6/c1-3-30-25(29)23(24(27)28)22-20(18-11-9-16(2)10-12-18)13-19(14-21(22)26)31-15-17-7-5-4-6-8-17/h4-12,14,20,22-23H,3,13,15H2,1-2H3,(H,27,28). The average molecular weight is 422 g/mol. The molecule has 3 rings (SSSR count). The maximum atomic E-state index is 13.1. The molecule has 2 aromatic carbocycles. The number of carboxylic acid groups (broad SMARTS) is 1. The minimum atomic E-state index is -1.58. The van der Waals surface area contributed by atoms with E-state index in [0.29, 0.717) is 18.8 Å². The molecule has 0 heterocycles. The summed E-state index contributed by atoms with van der Waals surface area (Å²) in [5.41, 5.74) is 2.78. The number of allylic oxidation sites excluding steroid dienone is 2. The van der Waals surface area contributed by atoms with Crippen molar-refractivity contribution in [2.45, 2.75) is 32.8 Å². The molecule has 3 atom stereocenters. The number of carbonyl (C=O) groups excluding carboxylic acids is 2. The second-order valence-corrected chi connectivity index (χ2v) is 7.60. The third-order valence-corrected chi connectivity index (χ3v) is 5.42. The summed E-state index contributed by atoms with van der Waals surface area (Å²) in [5, 5.41) is 9.76. The van der Waals surface area contributed by atoms with Crippen LogP contribution in [-0.4, -0.2) is 29.4 Å². The summed E-state index contributed by atoms with van der Waals surface area (Å²) in [6.07, 6.45) is 1.64. The molecular weight excluding hydrogens is 396 g/mol. The Bertz CT molecular complexity index is 961. The molecule has 1 aliphatic rings. The summed E-state index contributed by atoms with van der Waals surface area (Å²) >= 11 is 0. The van der Waals surface area contributed by atoms with Crippen LogP contribution < -0.4 is 0 Å². The molecule has 0 saturated heterocycles. The van der Waals surface area contributed by atoms with Crippen molar-refractivity contribution in [3.63, 3.8) is 0 Å². The van der Waals surface area contributed by atoms with Gasteiger partial charge in [0.1, 0.15) is 12.4 Å². The third-order valence-electron chi connectivity index (χ3n) is 5.42. The maximum absolute atomic E-state index is 13.1. The van der Waals surface area contributed by atoms with Crippen molar-refractivity contribution in [2.75, 3.05) is 6.61 Å². The topological polar surface area (TPSA) is 89.9 Å². The molecule has 0 bridgehead atoms. The number of aryl methyl sites for hydroxylation is 1. The quantitative estimate of drug-likeness (QED) is 0.510. The van der Waals surface area contributed by atoms with Gasteiger partial charge in [0.05, 0.1) is 12.5 Å². The normalized spacial score (nSPS) is 19.3. The molecule has 2 aromatic rings. The SMILES string of the molecule is CCOC(=O)C(C(=O)O)C1C(=O)C=C(OCc2ccccc2)CC1c1ccc(C)cc1. The molecule has 6 nitrogen and oxygen atoms in total. The van der Waals surface area contributed by atoms with E-state index in [9.17, 15) is 19.5 Å². The predicted molar refractivity (Wildman–Crippen MR) is 114 cm³/mol. The van der Waals surface area contributed by atoms with Crippen LogP contribution in [0.15, 0.2) is 66.4 Å². The Morgan fingerprint density at radius 2 is 1.77 bits per heavy atom. The number of esters is 1.